The molecule has 0 fully saturated rings. The van der Waals surface area contributed by atoms with E-state index in [4.69, 9.17) is 11.6 Å². The molecule has 150 valence electrons. The lowest BCUT2D eigenvalue weighted by Crippen LogP contribution is -2.13. The molecule has 12 heteroatoms. The Morgan fingerprint density at radius 2 is 1.76 bits per heavy atom. The van der Waals surface area contributed by atoms with E-state index in [1.807, 2.05) is 0 Å². The maximum Gasteiger partial charge on any atom is 0.337 e. The Morgan fingerprint density at radius 1 is 1.07 bits per heavy atom. The van der Waals surface area contributed by atoms with Crippen LogP contribution in [0.5, 0.6) is 0 Å². The van der Waals surface area contributed by atoms with Crippen LogP contribution in [0.1, 0.15) is 20.7 Å². The number of carbonyl (C=O) groups is 2. The molecule has 0 aliphatic heterocycles. The monoisotopic (exact) mass is 452 g/mol. The highest BCUT2D eigenvalue weighted by molar-refractivity contribution is 7.94. The zero-order valence-corrected chi connectivity index (χ0v) is 17.1. The summed E-state index contributed by atoms with van der Waals surface area (Å²) in [6.45, 7) is 0. The molecule has 2 N–H and O–H groups in total. The van der Waals surface area contributed by atoms with Gasteiger partial charge in [-0.25, -0.2) is 4.79 Å². The minimum atomic E-state index is -4.04. The van der Waals surface area contributed by atoms with Crippen molar-refractivity contribution in [3.8, 4) is 0 Å². The molecule has 0 radical (unpaired) electrons. The number of sulfonamides is 1. The highest BCUT2D eigenvalue weighted by atomic mass is 35.5. The molecule has 1 heterocycles. The van der Waals surface area contributed by atoms with E-state index in [-0.39, 0.29) is 31.3 Å². The molecule has 0 aliphatic carbocycles. The topological polar surface area (TPSA) is 127 Å². The summed E-state index contributed by atoms with van der Waals surface area (Å²) in [5, 5.41) is 10.00. The van der Waals surface area contributed by atoms with Crippen molar-refractivity contribution < 1.29 is 22.7 Å². The number of halogens is 1. The average Bonchev–Trinajstić information content (AvgIpc) is 3.17. The molecule has 0 spiro atoms. The summed E-state index contributed by atoms with van der Waals surface area (Å²) in [5.74, 6) is -1.08. The number of carbonyl (C=O) groups excluding carboxylic acids is 2. The summed E-state index contributed by atoms with van der Waals surface area (Å²) in [6.07, 6.45) is 0. The third-order valence-corrected chi connectivity index (χ3v) is 6.45. The van der Waals surface area contributed by atoms with E-state index < -0.39 is 21.9 Å². The van der Waals surface area contributed by atoms with Crippen LogP contribution in [-0.4, -0.2) is 37.6 Å². The number of nitrogens with zero attached hydrogens (tertiary/aromatic N) is 2. The highest BCUT2D eigenvalue weighted by Gasteiger charge is 2.22. The van der Waals surface area contributed by atoms with Gasteiger partial charge in [0.05, 0.1) is 23.3 Å². The van der Waals surface area contributed by atoms with Gasteiger partial charge in [0.1, 0.15) is 0 Å². The number of benzene rings is 2. The van der Waals surface area contributed by atoms with Crippen LogP contribution in [0.2, 0.25) is 5.02 Å². The third-order valence-electron chi connectivity index (χ3n) is 3.53. The zero-order valence-electron chi connectivity index (χ0n) is 14.7. The van der Waals surface area contributed by atoms with Crippen LogP contribution < -0.4 is 10.0 Å². The molecule has 1 amide bonds. The molecule has 0 aliphatic rings. The van der Waals surface area contributed by atoms with E-state index >= 15 is 0 Å². The molecule has 1 aromatic heterocycles. The van der Waals surface area contributed by atoms with Crippen molar-refractivity contribution >= 4 is 55.7 Å². The molecular formula is C17H13ClN4O5S2. The van der Waals surface area contributed by atoms with Crippen LogP contribution in [0, 0.1) is 0 Å². The van der Waals surface area contributed by atoms with Gasteiger partial charge in [-0.15, -0.1) is 10.2 Å². The molecule has 0 atom stereocenters. The van der Waals surface area contributed by atoms with Gasteiger partial charge in [0, 0.05) is 5.69 Å². The largest absolute Gasteiger partial charge is 0.465 e. The zero-order chi connectivity index (χ0) is 21.0. The molecule has 0 saturated carbocycles. The average molecular weight is 453 g/mol. The van der Waals surface area contributed by atoms with Gasteiger partial charge >= 0.3 is 5.97 Å². The van der Waals surface area contributed by atoms with Gasteiger partial charge in [0.2, 0.25) is 5.13 Å². The second-order valence-electron chi connectivity index (χ2n) is 5.48. The van der Waals surface area contributed by atoms with Crippen molar-refractivity contribution in [3.05, 3.63) is 64.7 Å². The summed E-state index contributed by atoms with van der Waals surface area (Å²) in [6, 6.07) is 12.1. The second kappa shape index (κ2) is 8.55. The van der Waals surface area contributed by atoms with Gasteiger partial charge < -0.3 is 4.74 Å². The lowest BCUT2D eigenvalue weighted by atomic mass is 10.2. The highest BCUT2D eigenvalue weighted by Crippen LogP contribution is 2.24. The van der Waals surface area contributed by atoms with Crippen LogP contribution in [0.25, 0.3) is 0 Å². The van der Waals surface area contributed by atoms with Crippen LogP contribution in [0.15, 0.2) is 52.9 Å². The number of hydrogen-bond acceptors (Lipinski definition) is 8. The van der Waals surface area contributed by atoms with Gasteiger partial charge in [-0.2, -0.15) is 8.42 Å². The molecule has 2 aromatic carbocycles. The predicted octanol–water partition coefficient (Wildman–Crippen LogP) is 3.03. The number of rotatable bonds is 6. The number of anilines is 2. The maximum absolute atomic E-state index is 12.5. The van der Waals surface area contributed by atoms with Crippen LogP contribution in [0.3, 0.4) is 0 Å². The summed E-state index contributed by atoms with van der Waals surface area (Å²) in [4.78, 5) is 23.7. The van der Waals surface area contributed by atoms with Gasteiger partial charge in [0.25, 0.3) is 20.3 Å². The SMILES string of the molecule is COC(=O)c1ccc(NS(=O)(=O)c2nnc(NC(=O)c3ccccc3Cl)s2)cc1. The Kier molecular flexibility index (Phi) is 6.11. The lowest BCUT2D eigenvalue weighted by molar-refractivity contribution is 0.0600. The normalized spacial score (nSPS) is 11.0. The Hall–Kier alpha value is -3.02. The van der Waals surface area contributed by atoms with Gasteiger partial charge in [-0.05, 0) is 36.4 Å². The van der Waals surface area contributed by atoms with E-state index in [0.717, 1.165) is 0 Å². The molecular weight excluding hydrogens is 440 g/mol. The molecule has 3 rings (SSSR count). The number of aromatic nitrogens is 2. The first-order chi connectivity index (χ1) is 13.8. The Morgan fingerprint density at radius 3 is 2.41 bits per heavy atom. The first-order valence-corrected chi connectivity index (χ1v) is 10.6. The van der Waals surface area contributed by atoms with Crippen molar-refractivity contribution in [2.24, 2.45) is 0 Å². The van der Waals surface area contributed by atoms with Crippen molar-refractivity contribution in [1.82, 2.24) is 10.2 Å². The van der Waals surface area contributed by atoms with Gasteiger partial charge in [-0.3, -0.25) is 14.8 Å². The lowest BCUT2D eigenvalue weighted by Gasteiger charge is -2.06. The van der Waals surface area contributed by atoms with E-state index in [1.54, 1.807) is 18.2 Å². The smallest absolute Gasteiger partial charge is 0.337 e. The quantitative estimate of drug-likeness (QED) is 0.434. The summed E-state index contributed by atoms with van der Waals surface area (Å²) in [7, 11) is -2.79. The minimum absolute atomic E-state index is 0.00339. The Bertz CT molecular complexity index is 1160. The fourth-order valence-electron chi connectivity index (χ4n) is 2.17. The summed E-state index contributed by atoms with van der Waals surface area (Å²) < 4.78 is 31.5. The predicted molar refractivity (Wildman–Crippen MR) is 108 cm³/mol. The van der Waals surface area contributed by atoms with Crippen LogP contribution >= 0.6 is 22.9 Å². The number of methoxy groups -OCH3 is 1. The Balaban J connectivity index is 1.72. The number of hydrogen-bond donors (Lipinski definition) is 2. The fourth-order valence-corrected chi connectivity index (χ4v) is 4.35. The number of amides is 1. The van der Waals surface area contributed by atoms with Crippen molar-refractivity contribution in [2.75, 3.05) is 17.1 Å². The first kappa shape index (κ1) is 20.7. The number of ether oxygens (including phenoxy) is 1. The van der Waals surface area contributed by atoms with Crippen molar-refractivity contribution in [2.45, 2.75) is 4.34 Å². The number of esters is 1. The molecule has 9 nitrogen and oxygen atoms in total. The standard InChI is InChI=1S/C17H13ClN4O5S2/c1-27-15(24)10-6-8-11(9-7-10)22-29(25,26)17-21-20-16(28-17)19-14(23)12-4-2-3-5-13(12)18/h2-9,22H,1H3,(H,19,20,23). The summed E-state index contributed by atoms with van der Waals surface area (Å²) >= 11 is 6.64. The second-order valence-corrected chi connectivity index (χ2v) is 8.72. The van der Waals surface area contributed by atoms with Crippen LogP contribution in [0.4, 0.5) is 10.8 Å². The fraction of sp³-hybridized carbons (Fsp3) is 0.0588. The maximum atomic E-state index is 12.5. The summed E-state index contributed by atoms with van der Waals surface area (Å²) in [5.41, 5.74) is 0.711. The molecule has 29 heavy (non-hydrogen) atoms. The molecule has 0 unspecified atom stereocenters. The number of nitrogens with one attached hydrogen (secondary N) is 2. The van der Waals surface area contributed by atoms with E-state index in [2.05, 4.69) is 25.0 Å². The van der Waals surface area contributed by atoms with Crippen molar-refractivity contribution in [3.63, 3.8) is 0 Å². The molecule has 3 aromatic rings. The van der Waals surface area contributed by atoms with Gasteiger partial charge in [0.15, 0.2) is 0 Å². The van der Waals surface area contributed by atoms with E-state index in [1.165, 1.54) is 37.4 Å². The minimum Gasteiger partial charge on any atom is -0.465 e. The van der Waals surface area contributed by atoms with Crippen molar-refractivity contribution in [1.29, 1.82) is 0 Å². The Labute approximate surface area is 174 Å². The molecule has 0 saturated heterocycles. The molecule has 0 bridgehead atoms. The van der Waals surface area contributed by atoms with Crippen LogP contribution in [-0.2, 0) is 14.8 Å². The first-order valence-electron chi connectivity index (χ1n) is 7.91. The van der Waals surface area contributed by atoms with E-state index in [0.29, 0.717) is 11.3 Å². The van der Waals surface area contributed by atoms with Gasteiger partial charge in [-0.1, -0.05) is 35.1 Å². The third kappa shape index (κ3) is 4.88. The van der Waals surface area contributed by atoms with E-state index in [9.17, 15) is 18.0 Å².